The molecule has 0 saturated heterocycles. The number of hydrogen-bond donors (Lipinski definition) is 3. The average molecular weight is 314 g/mol. The molecule has 0 fully saturated rings. The van der Waals surface area contributed by atoms with E-state index in [1.54, 1.807) is 18.2 Å². The van der Waals surface area contributed by atoms with E-state index in [0.29, 0.717) is 22.9 Å². The van der Waals surface area contributed by atoms with Crippen LogP contribution in [-0.4, -0.2) is 41.7 Å². The zero-order chi connectivity index (χ0) is 15.8. The molecule has 1 amide bonds. The number of nitrogen functional groups attached to an aromatic ring is 1. The molecular formula is C15H24ClN3O2. The molecule has 6 heteroatoms. The van der Waals surface area contributed by atoms with Crippen molar-refractivity contribution in [3.05, 3.63) is 23.2 Å². The number of nitrogens with zero attached hydrogens (tertiary/aromatic N) is 1. The molecule has 0 aliphatic carbocycles. The van der Waals surface area contributed by atoms with Crippen molar-refractivity contribution in [2.24, 2.45) is 0 Å². The minimum atomic E-state index is -0.319. The highest BCUT2D eigenvalue weighted by atomic mass is 35.5. The number of amides is 1. The Labute approximate surface area is 131 Å². The number of anilines is 2. The first-order chi connectivity index (χ1) is 9.99. The molecule has 0 aliphatic rings. The van der Waals surface area contributed by atoms with E-state index >= 15 is 0 Å². The molecule has 5 nitrogen and oxygen atoms in total. The smallest absolute Gasteiger partial charge is 0.241 e. The van der Waals surface area contributed by atoms with Crippen LogP contribution < -0.4 is 11.1 Å². The summed E-state index contributed by atoms with van der Waals surface area (Å²) in [5, 5.41) is 12.4. The first kappa shape index (κ1) is 17.8. The maximum absolute atomic E-state index is 12.3. The van der Waals surface area contributed by atoms with Crippen LogP contribution in [0.5, 0.6) is 0 Å². The molecule has 21 heavy (non-hydrogen) atoms. The summed E-state index contributed by atoms with van der Waals surface area (Å²) in [6.07, 6.45) is 2.04. The SMILES string of the molecule is CCCCN(CCO)C(C)C(=O)Nc1ccc(Cl)c(N)c1. The van der Waals surface area contributed by atoms with Gasteiger partial charge in [0, 0.05) is 12.2 Å². The molecule has 1 rings (SSSR count). The Kier molecular flexibility index (Phi) is 7.50. The van der Waals surface area contributed by atoms with Gasteiger partial charge < -0.3 is 16.2 Å². The quantitative estimate of drug-likeness (QED) is 0.644. The average Bonchev–Trinajstić information content (AvgIpc) is 2.46. The predicted octanol–water partition coefficient (Wildman–Crippen LogP) is 2.34. The van der Waals surface area contributed by atoms with Crippen LogP contribution in [0.25, 0.3) is 0 Å². The van der Waals surface area contributed by atoms with E-state index in [1.165, 1.54) is 0 Å². The van der Waals surface area contributed by atoms with Crippen LogP contribution in [0.15, 0.2) is 18.2 Å². The summed E-state index contributed by atoms with van der Waals surface area (Å²) < 4.78 is 0. The highest BCUT2D eigenvalue weighted by molar-refractivity contribution is 6.33. The van der Waals surface area contributed by atoms with Crippen molar-refractivity contribution in [1.29, 1.82) is 0 Å². The van der Waals surface area contributed by atoms with E-state index in [-0.39, 0.29) is 18.6 Å². The second-order valence-electron chi connectivity index (χ2n) is 5.01. The minimum Gasteiger partial charge on any atom is -0.397 e. The topological polar surface area (TPSA) is 78.6 Å². The summed E-state index contributed by atoms with van der Waals surface area (Å²) in [6, 6.07) is 4.68. The van der Waals surface area contributed by atoms with Gasteiger partial charge in [-0.3, -0.25) is 9.69 Å². The third-order valence-corrected chi connectivity index (χ3v) is 3.72. The minimum absolute atomic E-state index is 0.0369. The van der Waals surface area contributed by atoms with Crippen molar-refractivity contribution >= 4 is 28.9 Å². The molecular weight excluding hydrogens is 290 g/mol. The van der Waals surface area contributed by atoms with Gasteiger partial charge in [-0.15, -0.1) is 0 Å². The highest BCUT2D eigenvalue weighted by Gasteiger charge is 2.20. The maximum Gasteiger partial charge on any atom is 0.241 e. The van der Waals surface area contributed by atoms with E-state index in [0.717, 1.165) is 19.4 Å². The highest BCUT2D eigenvalue weighted by Crippen LogP contribution is 2.22. The Balaban J connectivity index is 2.68. The summed E-state index contributed by atoms with van der Waals surface area (Å²) >= 11 is 5.85. The number of halogens is 1. The van der Waals surface area contributed by atoms with Crippen LogP contribution in [0.3, 0.4) is 0 Å². The summed E-state index contributed by atoms with van der Waals surface area (Å²) in [7, 11) is 0. The van der Waals surface area contributed by atoms with Crippen molar-refractivity contribution in [3.63, 3.8) is 0 Å². The molecule has 1 aromatic rings. The molecule has 4 N–H and O–H groups in total. The van der Waals surface area contributed by atoms with Gasteiger partial charge in [0.15, 0.2) is 0 Å². The number of benzene rings is 1. The van der Waals surface area contributed by atoms with Crippen molar-refractivity contribution in [3.8, 4) is 0 Å². The lowest BCUT2D eigenvalue weighted by Crippen LogP contribution is -2.43. The van der Waals surface area contributed by atoms with Gasteiger partial charge in [0.2, 0.25) is 5.91 Å². The van der Waals surface area contributed by atoms with Gasteiger partial charge in [-0.25, -0.2) is 0 Å². The number of nitrogens with one attached hydrogen (secondary N) is 1. The second kappa shape index (κ2) is 8.87. The Bertz CT molecular complexity index is 468. The fourth-order valence-corrected chi connectivity index (χ4v) is 2.14. The monoisotopic (exact) mass is 313 g/mol. The van der Waals surface area contributed by atoms with Crippen LogP contribution in [0.2, 0.25) is 5.02 Å². The van der Waals surface area contributed by atoms with E-state index in [1.807, 2.05) is 11.8 Å². The van der Waals surface area contributed by atoms with Gasteiger partial charge in [0.1, 0.15) is 0 Å². The molecule has 1 atom stereocenters. The summed E-state index contributed by atoms with van der Waals surface area (Å²) in [6.45, 7) is 5.24. The van der Waals surface area contributed by atoms with Gasteiger partial charge in [-0.1, -0.05) is 24.9 Å². The third-order valence-electron chi connectivity index (χ3n) is 3.38. The largest absolute Gasteiger partial charge is 0.397 e. The lowest BCUT2D eigenvalue weighted by Gasteiger charge is -2.27. The van der Waals surface area contributed by atoms with Crippen LogP contribution in [0, 0.1) is 0 Å². The summed E-state index contributed by atoms with van der Waals surface area (Å²) in [5.74, 6) is -0.124. The predicted molar refractivity (Wildman–Crippen MR) is 87.5 cm³/mol. The van der Waals surface area contributed by atoms with Crippen LogP contribution in [-0.2, 0) is 4.79 Å². The zero-order valence-corrected chi connectivity index (χ0v) is 13.4. The van der Waals surface area contributed by atoms with Gasteiger partial charge >= 0.3 is 0 Å². The van der Waals surface area contributed by atoms with E-state index in [4.69, 9.17) is 22.4 Å². The van der Waals surface area contributed by atoms with E-state index < -0.39 is 0 Å². The number of carbonyl (C=O) groups is 1. The molecule has 0 radical (unpaired) electrons. The van der Waals surface area contributed by atoms with Crippen molar-refractivity contribution in [2.45, 2.75) is 32.7 Å². The summed E-state index contributed by atoms with van der Waals surface area (Å²) in [5.41, 5.74) is 6.77. The molecule has 0 heterocycles. The molecule has 1 aromatic carbocycles. The Morgan fingerprint density at radius 3 is 2.76 bits per heavy atom. The maximum atomic E-state index is 12.3. The van der Waals surface area contributed by atoms with Crippen LogP contribution >= 0.6 is 11.6 Å². The number of nitrogens with two attached hydrogens (primary N) is 1. The number of aliphatic hydroxyl groups is 1. The number of aliphatic hydroxyl groups excluding tert-OH is 1. The number of rotatable bonds is 8. The lowest BCUT2D eigenvalue weighted by atomic mass is 10.2. The Morgan fingerprint density at radius 1 is 1.48 bits per heavy atom. The molecule has 118 valence electrons. The molecule has 0 saturated carbocycles. The van der Waals surface area contributed by atoms with Crippen molar-refractivity contribution in [2.75, 3.05) is 30.7 Å². The zero-order valence-electron chi connectivity index (χ0n) is 12.6. The number of hydrogen-bond acceptors (Lipinski definition) is 4. The molecule has 1 unspecified atom stereocenters. The first-order valence-corrected chi connectivity index (χ1v) is 7.58. The first-order valence-electron chi connectivity index (χ1n) is 7.20. The fourth-order valence-electron chi connectivity index (χ4n) is 2.02. The lowest BCUT2D eigenvalue weighted by molar-refractivity contribution is -0.120. The molecule has 0 bridgehead atoms. The number of carbonyl (C=O) groups excluding carboxylic acids is 1. The Hall–Kier alpha value is -1.30. The van der Waals surface area contributed by atoms with Crippen molar-refractivity contribution < 1.29 is 9.90 Å². The normalized spacial score (nSPS) is 12.4. The standard InChI is InChI=1S/C15H24ClN3O2/c1-3-4-7-19(8-9-20)11(2)15(21)18-12-5-6-13(16)14(17)10-12/h5-6,10-11,20H,3-4,7-9,17H2,1-2H3,(H,18,21). The third kappa shape index (κ3) is 5.53. The second-order valence-corrected chi connectivity index (χ2v) is 5.42. The van der Waals surface area contributed by atoms with Crippen LogP contribution in [0.1, 0.15) is 26.7 Å². The van der Waals surface area contributed by atoms with Crippen LogP contribution in [0.4, 0.5) is 11.4 Å². The van der Waals surface area contributed by atoms with Gasteiger partial charge in [0.25, 0.3) is 0 Å². The van der Waals surface area contributed by atoms with Crippen molar-refractivity contribution in [1.82, 2.24) is 4.90 Å². The van der Waals surface area contributed by atoms with Gasteiger partial charge in [0.05, 0.1) is 23.4 Å². The molecule has 0 aliphatic heterocycles. The summed E-state index contributed by atoms with van der Waals surface area (Å²) in [4.78, 5) is 14.3. The fraction of sp³-hybridized carbons (Fsp3) is 0.533. The molecule has 0 spiro atoms. The molecule has 0 aromatic heterocycles. The van der Waals surface area contributed by atoms with Gasteiger partial charge in [-0.2, -0.15) is 0 Å². The van der Waals surface area contributed by atoms with E-state index in [9.17, 15) is 4.79 Å². The Morgan fingerprint density at radius 2 is 2.19 bits per heavy atom. The number of unbranched alkanes of at least 4 members (excludes halogenated alkanes) is 1. The van der Waals surface area contributed by atoms with E-state index in [2.05, 4.69) is 12.2 Å². The van der Waals surface area contributed by atoms with Gasteiger partial charge in [-0.05, 0) is 38.1 Å².